The van der Waals surface area contributed by atoms with Gasteiger partial charge in [0, 0.05) is 11.4 Å². The Hall–Kier alpha value is -2.38. The van der Waals surface area contributed by atoms with Crippen LogP contribution in [0.3, 0.4) is 0 Å². The number of benzene rings is 2. The third kappa shape index (κ3) is 5.57. The van der Waals surface area contributed by atoms with Gasteiger partial charge in [0.15, 0.2) is 0 Å². The number of amides is 1. The van der Waals surface area contributed by atoms with Gasteiger partial charge in [0.05, 0.1) is 28.9 Å². The topological polar surface area (TPSA) is 64.1 Å². The highest BCUT2D eigenvalue weighted by Gasteiger charge is 2.07. The van der Waals surface area contributed by atoms with Gasteiger partial charge in [-0.2, -0.15) is 8.75 Å². The van der Waals surface area contributed by atoms with E-state index in [0.717, 1.165) is 28.4 Å². The van der Waals surface area contributed by atoms with Crippen molar-refractivity contribution in [3.63, 3.8) is 0 Å². The number of carbonyl (C=O) groups excluding carboxylic acids is 1. The van der Waals surface area contributed by atoms with Gasteiger partial charge >= 0.3 is 0 Å². The summed E-state index contributed by atoms with van der Waals surface area (Å²) in [4.78, 5) is 12.1. The molecule has 0 aliphatic carbocycles. The van der Waals surface area contributed by atoms with E-state index in [4.69, 9.17) is 4.74 Å². The number of ether oxygens (including phenoxy) is 1. The lowest BCUT2D eigenvalue weighted by Gasteiger charge is -2.09. The molecule has 0 bridgehead atoms. The molecule has 1 aromatic heterocycles. The number of nitrogens with one attached hydrogen (secondary N) is 1. The van der Waals surface area contributed by atoms with Crippen LogP contribution in [0.1, 0.15) is 17.0 Å². The molecule has 26 heavy (non-hydrogen) atoms. The van der Waals surface area contributed by atoms with E-state index in [0.29, 0.717) is 18.1 Å². The smallest absolute Gasteiger partial charge is 0.234 e. The first kappa shape index (κ1) is 18.4. The van der Waals surface area contributed by atoms with E-state index in [-0.39, 0.29) is 5.91 Å². The maximum Gasteiger partial charge on any atom is 0.234 e. The third-order valence-corrected chi connectivity index (χ3v) is 5.18. The first-order valence-electron chi connectivity index (χ1n) is 8.13. The van der Waals surface area contributed by atoms with Crippen molar-refractivity contribution in [2.45, 2.75) is 19.3 Å². The fourth-order valence-electron chi connectivity index (χ4n) is 2.24. The normalized spacial score (nSPS) is 10.5. The van der Waals surface area contributed by atoms with Crippen molar-refractivity contribution in [1.82, 2.24) is 8.75 Å². The SMILES string of the molecule is Cc1nsnc1CSCC(=O)Nc1cccc(COc2ccccc2)c1. The first-order valence-corrected chi connectivity index (χ1v) is 10.0. The van der Waals surface area contributed by atoms with E-state index in [1.165, 1.54) is 23.5 Å². The molecule has 134 valence electrons. The van der Waals surface area contributed by atoms with Crippen LogP contribution in [0, 0.1) is 6.92 Å². The van der Waals surface area contributed by atoms with Gasteiger partial charge in [0.25, 0.3) is 0 Å². The minimum absolute atomic E-state index is 0.0306. The summed E-state index contributed by atoms with van der Waals surface area (Å²) in [6.45, 7) is 2.39. The molecule has 0 aliphatic rings. The number of anilines is 1. The van der Waals surface area contributed by atoms with Gasteiger partial charge in [-0.1, -0.05) is 30.3 Å². The molecular formula is C19H19N3O2S2. The number of hydrogen-bond acceptors (Lipinski definition) is 6. The second kappa shape index (κ2) is 9.35. The van der Waals surface area contributed by atoms with E-state index in [1.807, 2.05) is 61.5 Å². The summed E-state index contributed by atoms with van der Waals surface area (Å²) < 4.78 is 14.1. The van der Waals surface area contributed by atoms with E-state index >= 15 is 0 Å². The molecular weight excluding hydrogens is 366 g/mol. The standard InChI is InChI=1S/C19H19N3O2S2/c1-14-18(22-26-21-14)12-25-13-19(23)20-16-7-5-6-15(10-16)11-24-17-8-3-2-4-9-17/h2-10H,11-13H2,1H3,(H,20,23). The van der Waals surface area contributed by atoms with E-state index in [1.54, 1.807) is 0 Å². The summed E-state index contributed by atoms with van der Waals surface area (Å²) in [6.07, 6.45) is 0. The van der Waals surface area contributed by atoms with Crippen LogP contribution in [0.2, 0.25) is 0 Å². The Morgan fingerprint density at radius 1 is 1.15 bits per heavy atom. The average Bonchev–Trinajstić information content (AvgIpc) is 3.06. The molecule has 1 heterocycles. The van der Waals surface area contributed by atoms with Crippen LogP contribution in [0.25, 0.3) is 0 Å². The molecule has 0 fully saturated rings. The summed E-state index contributed by atoms with van der Waals surface area (Å²) in [5.41, 5.74) is 3.67. The quantitative estimate of drug-likeness (QED) is 0.626. The molecule has 0 atom stereocenters. The van der Waals surface area contributed by atoms with Crippen LogP contribution < -0.4 is 10.1 Å². The van der Waals surface area contributed by atoms with Gasteiger partial charge in [-0.3, -0.25) is 4.79 Å². The van der Waals surface area contributed by atoms with Gasteiger partial charge in [-0.25, -0.2) is 0 Å². The summed E-state index contributed by atoms with van der Waals surface area (Å²) in [6, 6.07) is 17.4. The molecule has 7 heteroatoms. The van der Waals surface area contributed by atoms with Crippen LogP contribution in [0.5, 0.6) is 5.75 Å². The number of thioether (sulfide) groups is 1. The van der Waals surface area contributed by atoms with Crippen molar-refractivity contribution in [2.24, 2.45) is 0 Å². The van der Waals surface area contributed by atoms with Gasteiger partial charge in [0.1, 0.15) is 12.4 Å². The number of aryl methyl sites for hydroxylation is 1. The van der Waals surface area contributed by atoms with E-state index < -0.39 is 0 Å². The molecule has 2 aromatic carbocycles. The van der Waals surface area contributed by atoms with Crippen molar-refractivity contribution in [3.05, 3.63) is 71.5 Å². The molecule has 5 nitrogen and oxygen atoms in total. The minimum Gasteiger partial charge on any atom is -0.489 e. The lowest BCUT2D eigenvalue weighted by molar-refractivity contribution is -0.113. The largest absolute Gasteiger partial charge is 0.489 e. The molecule has 3 rings (SSSR count). The van der Waals surface area contributed by atoms with Gasteiger partial charge < -0.3 is 10.1 Å². The zero-order valence-corrected chi connectivity index (χ0v) is 16.0. The average molecular weight is 386 g/mol. The van der Waals surface area contributed by atoms with Crippen molar-refractivity contribution < 1.29 is 9.53 Å². The predicted molar refractivity (Wildman–Crippen MR) is 107 cm³/mol. The lowest BCUT2D eigenvalue weighted by Crippen LogP contribution is -2.14. The number of nitrogens with zero attached hydrogens (tertiary/aromatic N) is 2. The molecule has 0 unspecified atom stereocenters. The highest BCUT2D eigenvalue weighted by atomic mass is 32.2. The predicted octanol–water partition coefficient (Wildman–Crippen LogP) is 4.30. The third-order valence-electron chi connectivity index (χ3n) is 3.58. The lowest BCUT2D eigenvalue weighted by atomic mass is 10.2. The monoisotopic (exact) mass is 385 g/mol. The molecule has 0 spiro atoms. The molecule has 1 amide bonds. The van der Waals surface area contributed by atoms with E-state index in [9.17, 15) is 4.79 Å². The zero-order chi connectivity index (χ0) is 18.2. The van der Waals surface area contributed by atoms with Crippen LogP contribution in [0.4, 0.5) is 5.69 Å². The first-order chi connectivity index (χ1) is 12.7. The van der Waals surface area contributed by atoms with Crippen molar-refractivity contribution in [3.8, 4) is 5.75 Å². The summed E-state index contributed by atoms with van der Waals surface area (Å²) >= 11 is 2.74. The Balaban J connectivity index is 1.46. The number of para-hydroxylation sites is 1. The zero-order valence-electron chi connectivity index (χ0n) is 14.3. The number of hydrogen-bond donors (Lipinski definition) is 1. The fourth-order valence-corrected chi connectivity index (χ4v) is 3.71. The van der Waals surface area contributed by atoms with E-state index in [2.05, 4.69) is 14.1 Å². The van der Waals surface area contributed by atoms with Crippen LogP contribution in [-0.2, 0) is 17.2 Å². The van der Waals surface area contributed by atoms with Gasteiger partial charge in [-0.05, 0) is 36.8 Å². The number of aromatic nitrogens is 2. The highest BCUT2D eigenvalue weighted by molar-refractivity contribution is 7.99. The van der Waals surface area contributed by atoms with Crippen LogP contribution in [-0.4, -0.2) is 20.4 Å². The maximum atomic E-state index is 12.1. The second-order valence-electron chi connectivity index (χ2n) is 5.64. The Labute approximate surface area is 161 Å². The molecule has 1 N–H and O–H groups in total. The Bertz CT molecular complexity index is 853. The Kier molecular flexibility index (Phi) is 6.62. The van der Waals surface area contributed by atoms with Crippen LogP contribution in [0.15, 0.2) is 54.6 Å². The Morgan fingerprint density at radius 2 is 2.00 bits per heavy atom. The highest BCUT2D eigenvalue weighted by Crippen LogP contribution is 2.17. The Morgan fingerprint density at radius 3 is 2.77 bits per heavy atom. The molecule has 0 aliphatic heterocycles. The molecule has 0 radical (unpaired) electrons. The summed E-state index contributed by atoms with van der Waals surface area (Å²) in [5, 5.41) is 2.93. The second-order valence-corrected chi connectivity index (χ2v) is 7.15. The molecule has 3 aromatic rings. The van der Waals surface area contributed by atoms with Crippen molar-refractivity contribution in [1.29, 1.82) is 0 Å². The maximum absolute atomic E-state index is 12.1. The van der Waals surface area contributed by atoms with Crippen molar-refractivity contribution in [2.75, 3.05) is 11.1 Å². The molecule has 0 saturated heterocycles. The number of carbonyl (C=O) groups is 1. The summed E-state index contributed by atoms with van der Waals surface area (Å²) in [7, 11) is 0. The van der Waals surface area contributed by atoms with Crippen molar-refractivity contribution >= 4 is 35.1 Å². The number of rotatable bonds is 8. The molecule has 0 saturated carbocycles. The van der Waals surface area contributed by atoms with Gasteiger partial charge in [0.2, 0.25) is 5.91 Å². The minimum atomic E-state index is -0.0306. The van der Waals surface area contributed by atoms with Gasteiger partial charge in [-0.15, -0.1) is 11.8 Å². The fraction of sp³-hybridized carbons (Fsp3) is 0.211. The van der Waals surface area contributed by atoms with Crippen LogP contribution >= 0.6 is 23.5 Å². The summed E-state index contributed by atoms with van der Waals surface area (Å²) in [5.74, 6) is 1.87.